The quantitative estimate of drug-likeness (QED) is 0.621. The topological polar surface area (TPSA) is 110 Å². The van der Waals surface area contributed by atoms with E-state index < -0.39 is 46.1 Å². The van der Waals surface area contributed by atoms with Crippen molar-refractivity contribution in [3.05, 3.63) is 93.2 Å². The van der Waals surface area contributed by atoms with Gasteiger partial charge < -0.3 is 10.8 Å². The molecule has 0 spiro atoms. The number of nitrogen functional groups attached to an aromatic ring is 1. The van der Waals surface area contributed by atoms with Crippen molar-refractivity contribution in [2.75, 3.05) is 5.73 Å². The summed E-state index contributed by atoms with van der Waals surface area (Å²) in [7, 11) is 0. The third-order valence-corrected chi connectivity index (χ3v) is 4.68. The number of rotatable bonds is 5. The molecular weight excluding hydrogens is 394 g/mol. The van der Waals surface area contributed by atoms with Crippen LogP contribution in [0, 0.1) is 25.5 Å². The second kappa shape index (κ2) is 7.82. The summed E-state index contributed by atoms with van der Waals surface area (Å²) in [6.45, 7) is 3.10. The van der Waals surface area contributed by atoms with E-state index in [1.807, 2.05) is 0 Å². The fraction of sp³-hybridized carbons (Fsp3) is 0.0909. The molecule has 0 saturated heterocycles. The number of hydrogen-bond donors (Lipinski definition) is 2. The summed E-state index contributed by atoms with van der Waals surface area (Å²) < 4.78 is 27.5. The Morgan fingerprint density at radius 1 is 0.833 bits per heavy atom. The number of carbonyl (C=O) groups excluding carboxylic acids is 2. The average molecular weight is 410 g/mol. The van der Waals surface area contributed by atoms with Crippen molar-refractivity contribution in [1.29, 1.82) is 0 Å². The molecule has 8 heteroatoms. The van der Waals surface area contributed by atoms with Gasteiger partial charge in [0, 0.05) is 17.3 Å². The van der Waals surface area contributed by atoms with Gasteiger partial charge in [-0.15, -0.1) is 0 Å². The van der Waals surface area contributed by atoms with E-state index >= 15 is 0 Å². The minimum atomic E-state index is -1.58. The molecule has 0 aliphatic heterocycles. The molecule has 0 radical (unpaired) electrons. The molecule has 0 aliphatic rings. The number of carboxylic acids is 1. The monoisotopic (exact) mass is 410 g/mol. The van der Waals surface area contributed by atoms with Crippen LogP contribution < -0.4 is 5.73 Å². The minimum absolute atomic E-state index is 0.0667. The van der Waals surface area contributed by atoms with E-state index in [1.165, 1.54) is 19.1 Å². The first kappa shape index (κ1) is 20.8. The van der Waals surface area contributed by atoms with E-state index in [2.05, 4.69) is 4.98 Å². The van der Waals surface area contributed by atoms with Gasteiger partial charge in [-0.3, -0.25) is 9.59 Å². The van der Waals surface area contributed by atoms with Crippen molar-refractivity contribution in [3.8, 4) is 0 Å². The average Bonchev–Trinajstić information content (AvgIpc) is 2.70. The highest BCUT2D eigenvalue weighted by Gasteiger charge is 2.30. The molecule has 0 amide bonds. The maximum Gasteiger partial charge on any atom is 0.340 e. The summed E-state index contributed by atoms with van der Waals surface area (Å²) in [4.78, 5) is 42.0. The predicted molar refractivity (Wildman–Crippen MR) is 105 cm³/mol. The number of anilines is 1. The van der Waals surface area contributed by atoms with Crippen molar-refractivity contribution >= 4 is 23.4 Å². The van der Waals surface area contributed by atoms with Crippen molar-refractivity contribution < 1.29 is 28.3 Å². The Bertz CT molecular complexity index is 1220. The van der Waals surface area contributed by atoms with Gasteiger partial charge in [0.15, 0.2) is 11.6 Å². The predicted octanol–water partition coefficient (Wildman–Crippen LogP) is 3.72. The second-order valence-corrected chi connectivity index (χ2v) is 6.69. The highest BCUT2D eigenvalue weighted by molar-refractivity contribution is 6.24. The highest BCUT2D eigenvalue weighted by atomic mass is 19.1. The molecule has 0 bridgehead atoms. The fourth-order valence-corrected chi connectivity index (χ4v) is 3.11. The first-order valence-corrected chi connectivity index (χ1v) is 8.75. The Hall–Kier alpha value is -3.94. The Morgan fingerprint density at radius 2 is 1.33 bits per heavy atom. The smallest absolute Gasteiger partial charge is 0.340 e. The van der Waals surface area contributed by atoms with E-state index in [0.29, 0.717) is 11.1 Å². The summed E-state index contributed by atoms with van der Waals surface area (Å²) >= 11 is 0. The zero-order valence-corrected chi connectivity index (χ0v) is 16.0. The van der Waals surface area contributed by atoms with Gasteiger partial charge in [0.2, 0.25) is 0 Å². The number of aryl methyl sites for hydroxylation is 2. The third-order valence-electron chi connectivity index (χ3n) is 4.68. The summed E-state index contributed by atoms with van der Waals surface area (Å²) in [5.74, 6) is -5.16. The normalized spacial score (nSPS) is 10.7. The molecule has 6 nitrogen and oxygen atoms in total. The van der Waals surface area contributed by atoms with E-state index in [4.69, 9.17) is 5.73 Å². The lowest BCUT2D eigenvalue weighted by atomic mass is 9.88. The van der Waals surface area contributed by atoms with E-state index in [1.54, 1.807) is 6.92 Å². The molecule has 0 aliphatic carbocycles. The summed E-state index contributed by atoms with van der Waals surface area (Å²) in [5, 5.41) is 9.62. The summed E-state index contributed by atoms with van der Waals surface area (Å²) in [6.07, 6.45) is 0.969. The van der Waals surface area contributed by atoms with Gasteiger partial charge in [0.25, 0.3) is 0 Å². The van der Waals surface area contributed by atoms with Crippen LogP contribution in [0.5, 0.6) is 0 Å². The Kier molecular flexibility index (Phi) is 5.42. The van der Waals surface area contributed by atoms with E-state index in [0.717, 1.165) is 30.5 Å². The van der Waals surface area contributed by atoms with Crippen LogP contribution in [0.2, 0.25) is 0 Å². The highest BCUT2D eigenvalue weighted by Crippen LogP contribution is 2.27. The minimum Gasteiger partial charge on any atom is -0.478 e. The fourth-order valence-electron chi connectivity index (χ4n) is 3.11. The summed E-state index contributed by atoms with van der Waals surface area (Å²) in [6, 6.07) is 6.97. The van der Waals surface area contributed by atoms with Crippen molar-refractivity contribution in [3.63, 3.8) is 0 Å². The molecule has 3 rings (SSSR count). The maximum absolute atomic E-state index is 13.8. The number of halogens is 2. The Morgan fingerprint density at radius 3 is 1.83 bits per heavy atom. The Labute approximate surface area is 170 Å². The Balaban J connectivity index is 2.33. The van der Waals surface area contributed by atoms with Crippen LogP contribution in [-0.4, -0.2) is 27.6 Å². The number of nitrogens with zero attached hydrogens (tertiary/aromatic N) is 1. The number of benzene rings is 2. The van der Waals surface area contributed by atoms with Crippen LogP contribution in [0.4, 0.5) is 14.6 Å². The zero-order chi connectivity index (χ0) is 22.2. The van der Waals surface area contributed by atoms with Gasteiger partial charge >= 0.3 is 5.97 Å². The molecule has 0 unspecified atom stereocenters. The number of aromatic nitrogens is 1. The largest absolute Gasteiger partial charge is 0.478 e. The molecule has 30 heavy (non-hydrogen) atoms. The maximum atomic E-state index is 13.8. The van der Waals surface area contributed by atoms with Crippen LogP contribution in [-0.2, 0) is 0 Å². The summed E-state index contributed by atoms with van der Waals surface area (Å²) in [5.41, 5.74) is 4.68. The molecule has 152 valence electrons. The van der Waals surface area contributed by atoms with Gasteiger partial charge in [-0.2, -0.15) is 0 Å². The number of nitrogens with two attached hydrogens (primary N) is 1. The number of carboxylic acid groups (broad SMARTS) is 1. The van der Waals surface area contributed by atoms with E-state index in [-0.39, 0.29) is 16.7 Å². The second-order valence-electron chi connectivity index (χ2n) is 6.69. The standard InChI is InChI=1S/C22H16F2N2O4/c1-10-3-5-12(23)7-14(10)19(27)16-9-26-21(25)18(22(29)30)17(16)20(28)15-8-13(24)6-4-11(15)2/h3-9H,1-2H3,(H2,25,26)(H,29,30). The van der Waals surface area contributed by atoms with Gasteiger partial charge in [0.1, 0.15) is 23.0 Å². The molecule has 2 aromatic carbocycles. The third kappa shape index (κ3) is 3.67. The van der Waals surface area contributed by atoms with Crippen LogP contribution in [0.3, 0.4) is 0 Å². The molecular formula is C22H16F2N2O4. The molecule has 1 aromatic heterocycles. The van der Waals surface area contributed by atoms with Crippen LogP contribution in [0.25, 0.3) is 0 Å². The lowest BCUT2D eigenvalue weighted by Gasteiger charge is -2.15. The van der Waals surface area contributed by atoms with Gasteiger partial charge in [-0.05, 0) is 49.2 Å². The van der Waals surface area contributed by atoms with Crippen LogP contribution in [0.1, 0.15) is 53.3 Å². The number of carbonyl (C=O) groups is 3. The van der Waals surface area contributed by atoms with Crippen LogP contribution in [0.15, 0.2) is 42.6 Å². The number of hydrogen-bond acceptors (Lipinski definition) is 5. The molecule has 1 heterocycles. The van der Waals surface area contributed by atoms with Crippen molar-refractivity contribution in [2.45, 2.75) is 13.8 Å². The number of aromatic carboxylic acids is 1. The lowest BCUT2D eigenvalue weighted by molar-refractivity contribution is 0.0693. The molecule has 3 N–H and O–H groups in total. The van der Waals surface area contributed by atoms with Crippen LogP contribution >= 0.6 is 0 Å². The van der Waals surface area contributed by atoms with Gasteiger partial charge in [-0.25, -0.2) is 18.6 Å². The zero-order valence-electron chi connectivity index (χ0n) is 16.0. The van der Waals surface area contributed by atoms with Crippen molar-refractivity contribution in [1.82, 2.24) is 4.98 Å². The molecule has 0 saturated carbocycles. The first-order chi connectivity index (χ1) is 14.1. The van der Waals surface area contributed by atoms with Gasteiger partial charge in [-0.1, -0.05) is 12.1 Å². The number of ketones is 2. The molecule has 0 fully saturated rings. The number of pyridine rings is 1. The SMILES string of the molecule is Cc1ccc(F)cc1C(=O)c1cnc(N)c(C(=O)O)c1C(=O)c1cc(F)ccc1C. The molecule has 3 aromatic rings. The van der Waals surface area contributed by atoms with E-state index in [9.17, 15) is 28.3 Å². The molecule has 0 atom stereocenters. The van der Waals surface area contributed by atoms with Gasteiger partial charge in [0.05, 0.1) is 11.1 Å². The van der Waals surface area contributed by atoms with Crippen molar-refractivity contribution in [2.24, 2.45) is 0 Å². The lowest BCUT2D eigenvalue weighted by Crippen LogP contribution is -2.20. The first-order valence-electron chi connectivity index (χ1n) is 8.75.